The third-order valence-corrected chi connectivity index (χ3v) is 7.50. The summed E-state index contributed by atoms with van der Waals surface area (Å²) in [6.45, 7) is -0.522. The van der Waals surface area contributed by atoms with Gasteiger partial charge in [0.25, 0.3) is 0 Å². The molecule has 0 saturated heterocycles. The standard InChI is InChI=1S/C28H32ClN3O6S/c1-30-28(34)25(16-20-8-6-5-7-9-20)31(18-21-10-12-22(29)13-11-21)27(33)19-32(39(4,35)36)24-17-23(37-2)14-15-26(24)38-3/h5-15,17,25H,16,18-19H2,1-4H3,(H,30,34)/t25-/m0/s1. The summed E-state index contributed by atoms with van der Waals surface area (Å²) in [6.07, 6.45) is 1.23. The van der Waals surface area contributed by atoms with Crippen molar-refractivity contribution in [1.82, 2.24) is 10.2 Å². The van der Waals surface area contributed by atoms with Crippen LogP contribution in [-0.4, -0.2) is 65.2 Å². The van der Waals surface area contributed by atoms with Crippen LogP contribution in [0.1, 0.15) is 11.1 Å². The molecule has 39 heavy (non-hydrogen) atoms. The third-order valence-electron chi connectivity index (χ3n) is 6.12. The van der Waals surface area contributed by atoms with Crippen LogP contribution in [-0.2, 0) is 32.6 Å². The number of nitrogens with zero attached hydrogens (tertiary/aromatic N) is 2. The number of carbonyl (C=O) groups is 2. The lowest BCUT2D eigenvalue weighted by molar-refractivity contribution is -0.139. The van der Waals surface area contributed by atoms with Crippen molar-refractivity contribution in [1.29, 1.82) is 0 Å². The van der Waals surface area contributed by atoms with Crippen molar-refractivity contribution >= 4 is 39.1 Å². The van der Waals surface area contributed by atoms with Gasteiger partial charge in [-0.2, -0.15) is 0 Å². The van der Waals surface area contributed by atoms with E-state index in [1.165, 1.54) is 32.2 Å². The molecule has 208 valence electrons. The summed E-state index contributed by atoms with van der Waals surface area (Å²) in [5, 5.41) is 3.17. The highest BCUT2D eigenvalue weighted by Gasteiger charge is 2.33. The lowest BCUT2D eigenvalue weighted by Crippen LogP contribution is -2.52. The zero-order valence-electron chi connectivity index (χ0n) is 22.3. The molecular formula is C28H32ClN3O6S. The number of amides is 2. The van der Waals surface area contributed by atoms with Gasteiger partial charge in [0.05, 0.1) is 26.2 Å². The van der Waals surface area contributed by atoms with E-state index < -0.39 is 28.5 Å². The molecule has 2 amide bonds. The molecular weight excluding hydrogens is 542 g/mol. The summed E-state index contributed by atoms with van der Waals surface area (Å²) in [4.78, 5) is 28.5. The number of sulfonamides is 1. The Kier molecular flexibility index (Phi) is 10.2. The number of ether oxygens (including phenoxy) is 2. The minimum atomic E-state index is -3.96. The van der Waals surface area contributed by atoms with Gasteiger partial charge in [0.1, 0.15) is 24.1 Å². The third kappa shape index (κ3) is 7.87. The first-order valence-electron chi connectivity index (χ1n) is 12.1. The molecule has 0 radical (unpaired) electrons. The summed E-state index contributed by atoms with van der Waals surface area (Å²) in [5.74, 6) is -0.335. The molecule has 0 saturated carbocycles. The van der Waals surface area contributed by atoms with Crippen LogP contribution in [0.2, 0.25) is 5.02 Å². The van der Waals surface area contributed by atoms with Gasteiger partial charge in [-0.15, -0.1) is 0 Å². The first-order valence-corrected chi connectivity index (χ1v) is 14.3. The number of rotatable bonds is 12. The van der Waals surface area contributed by atoms with E-state index >= 15 is 0 Å². The normalized spacial score (nSPS) is 11.8. The van der Waals surface area contributed by atoms with Gasteiger partial charge in [-0.1, -0.05) is 54.1 Å². The molecule has 1 N–H and O–H groups in total. The van der Waals surface area contributed by atoms with Gasteiger partial charge in [-0.05, 0) is 35.4 Å². The van der Waals surface area contributed by atoms with Crippen LogP contribution >= 0.6 is 11.6 Å². The van der Waals surface area contributed by atoms with Crippen LogP contribution in [0.5, 0.6) is 11.5 Å². The van der Waals surface area contributed by atoms with Crippen molar-refractivity contribution in [3.05, 3.63) is 88.9 Å². The van der Waals surface area contributed by atoms with Gasteiger partial charge < -0.3 is 19.7 Å². The Morgan fingerprint density at radius 1 is 0.949 bits per heavy atom. The zero-order chi connectivity index (χ0) is 28.6. The zero-order valence-corrected chi connectivity index (χ0v) is 23.8. The van der Waals surface area contributed by atoms with E-state index in [4.69, 9.17) is 21.1 Å². The van der Waals surface area contributed by atoms with E-state index in [0.29, 0.717) is 10.8 Å². The second-order valence-corrected chi connectivity index (χ2v) is 11.1. The Bertz CT molecular complexity index is 1380. The number of likely N-dealkylation sites (N-methyl/N-ethyl adjacent to an activating group) is 1. The molecule has 0 aliphatic heterocycles. The number of anilines is 1. The molecule has 1 atom stereocenters. The van der Waals surface area contributed by atoms with Crippen LogP contribution in [0.15, 0.2) is 72.8 Å². The van der Waals surface area contributed by atoms with Gasteiger partial charge in [0, 0.05) is 31.1 Å². The Balaban J connectivity index is 2.07. The van der Waals surface area contributed by atoms with E-state index in [-0.39, 0.29) is 30.3 Å². The lowest BCUT2D eigenvalue weighted by atomic mass is 10.0. The Labute approximate surface area is 234 Å². The number of hydrogen-bond acceptors (Lipinski definition) is 6. The SMILES string of the molecule is CNC(=O)[C@H](Cc1ccccc1)N(Cc1ccc(Cl)cc1)C(=O)CN(c1cc(OC)ccc1OC)S(C)(=O)=O. The quantitative estimate of drug-likeness (QED) is 0.355. The highest BCUT2D eigenvalue weighted by molar-refractivity contribution is 7.92. The van der Waals surface area contributed by atoms with E-state index in [1.807, 2.05) is 30.3 Å². The molecule has 0 unspecified atom stereocenters. The first kappa shape index (κ1) is 29.8. The molecule has 3 aromatic rings. The summed E-state index contributed by atoms with van der Waals surface area (Å²) in [7, 11) is 0.390. The molecule has 0 heterocycles. The fourth-order valence-electron chi connectivity index (χ4n) is 4.09. The lowest BCUT2D eigenvalue weighted by Gasteiger charge is -2.33. The van der Waals surface area contributed by atoms with Gasteiger partial charge >= 0.3 is 0 Å². The van der Waals surface area contributed by atoms with Gasteiger partial charge in [0.2, 0.25) is 21.8 Å². The molecule has 3 aromatic carbocycles. The summed E-state index contributed by atoms with van der Waals surface area (Å²) in [5.41, 5.74) is 1.70. The van der Waals surface area contributed by atoms with E-state index in [2.05, 4.69) is 5.32 Å². The van der Waals surface area contributed by atoms with Crippen LogP contribution < -0.4 is 19.1 Å². The predicted molar refractivity (Wildman–Crippen MR) is 152 cm³/mol. The van der Waals surface area contributed by atoms with Crippen LogP contribution in [0.3, 0.4) is 0 Å². The van der Waals surface area contributed by atoms with Gasteiger partial charge in [-0.3, -0.25) is 13.9 Å². The number of hydrogen-bond donors (Lipinski definition) is 1. The maximum atomic E-state index is 14.0. The second-order valence-electron chi connectivity index (χ2n) is 8.78. The molecule has 0 spiro atoms. The van der Waals surface area contributed by atoms with Crippen molar-refractivity contribution in [2.75, 3.05) is 38.4 Å². The number of benzene rings is 3. The number of halogens is 1. The number of carbonyl (C=O) groups excluding carboxylic acids is 2. The number of nitrogens with one attached hydrogen (secondary N) is 1. The Morgan fingerprint density at radius 2 is 1.62 bits per heavy atom. The topological polar surface area (TPSA) is 105 Å². The molecule has 0 bridgehead atoms. The minimum absolute atomic E-state index is 0.0494. The van der Waals surface area contributed by atoms with Crippen LogP contribution in [0, 0.1) is 0 Å². The molecule has 11 heteroatoms. The van der Waals surface area contributed by atoms with Gasteiger partial charge in [-0.25, -0.2) is 8.42 Å². The monoisotopic (exact) mass is 573 g/mol. The fourth-order valence-corrected chi connectivity index (χ4v) is 5.06. The first-order chi connectivity index (χ1) is 18.6. The van der Waals surface area contributed by atoms with Crippen molar-refractivity contribution < 1.29 is 27.5 Å². The maximum Gasteiger partial charge on any atom is 0.244 e. The average molecular weight is 574 g/mol. The minimum Gasteiger partial charge on any atom is -0.497 e. The highest BCUT2D eigenvalue weighted by Crippen LogP contribution is 2.34. The largest absolute Gasteiger partial charge is 0.497 e. The molecule has 3 rings (SSSR count). The van der Waals surface area contributed by atoms with Crippen LogP contribution in [0.4, 0.5) is 5.69 Å². The predicted octanol–water partition coefficient (Wildman–Crippen LogP) is 3.51. The van der Waals surface area contributed by atoms with Crippen molar-refractivity contribution in [3.8, 4) is 11.5 Å². The summed E-state index contributed by atoms with van der Waals surface area (Å²) < 4.78 is 37.6. The summed E-state index contributed by atoms with van der Waals surface area (Å²) in [6, 6.07) is 19.9. The number of methoxy groups -OCH3 is 2. The molecule has 9 nitrogen and oxygen atoms in total. The van der Waals surface area contributed by atoms with Crippen molar-refractivity contribution in [3.63, 3.8) is 0 Å². The Morgan fingerprint density at radius 3 is 2.18 bits per heavy atom. The smallest absolute Gasteiger partial charge is 0.244 e. The Hall–Kier alpha value is -3.76. The summed E-state index contributed by atoms with van der Waals surface area (Å²) >= 11 is 6.05. The molecule has 0 aliphatic rings. The molecule has 0 aliphatic carbocycles. The van der Waals surface area contributed by atoms with Crippen molar-refractivity contribution in [2.45, 2.75) is 19.0 Å². The average Bonchev–Trinajstić information content (AvgIpc) is 2.93. The highest BCUT2D eigenvalue weighted by atomic mass is 35.5. The van der Waals surface area contributed by atoms with E-state index in [0.717, 1.165) is 21.7 Å². The second kappa shape index (κ2) is 13.3. The molecule has 0 fully saturated rings. The van der Waals surface area contributed by atoms with Crippen LogP contribution in [0.25, 0.3) is 0 Å². The fraction of sp³-hybridized carbons (Fsp3) is 0.286. The van der Waals surface area contributed by atoms with Crippen molar-refractivity contribution in [2.24, 2.45) is 0 Å². The van der Waals surface area contributed by atoms with E-state index in [1.54, 1.807) is 36.4 Å². The molecule has 0 aromatic heterocycles. The van der Waals surface area contributed by atoms with E-state index in [9.17, 15) is 18.0 Å². The van der Waals surface area contributed by atoms with Gasteiger partial charge in [0.15, 0.2) is 0 Å². The maximum absolute atomic E-state index is 14.0.